The summed E-state index contributed by atoms with van der Waals surface area (Å²) in [4.78, 5) is 25.0. The first-order valence-corrected chi connectivity index (χ1v) is 11.9. The van der Waals surface area contributed by atoms with Crippen molar-refractivity contribution in [2.75, 3.05) is 6.54 Å². The van der Waals surface area contributed by atoms with Gasteiger partial charge in [-0.15, -0.1) is 0 Å². The van der Waals surface area contributed by atoms with Crippen molar-refractivity contribution in [2.24, 2.45) is 0 Å². The van der Waals surface area contributed by atoms with Gasteiger partial charge in [0.1, 0.15) is 6.61 Å². The fraction of sp³-hybridized carbons (Fsp3) is 0.250. The van der Waals surface area contributed by atoms with Crippen LogP contribution in [0.15, 0.2) is 77.7 Å². The molecule has 3 aromatic rings. The zero-order valence-corrected chi connectivity index (χ0v) is 18.0. The molecule has 0 radical (unpaired) electrons. The third-order valence-electron chi connectivity index (χ3n) is 6.31. The van der Waals surface area contributed by atoms with E-state index in [9.17, 15) is 18.0 Å². The summed E-state index contributed by atoms with van der Waals surface area (Å²) in [5, 5.41) is 4.44. The van der Waals surface area contributed by atoms with Crippen LogP contribution in [0.5, 0.6) is 0 Å². The second-order valence-electron chi connectivity index (χ2n) is 8.13. The lowest BCUT2D eigenvalue weighted by Gasteiger charge is -2.35. The maximum atomic E-state index is 14.0. The maximum absolute atomic E-state index is 14.0. The number of benzene rings is 3. The van der Waals surface area contributed by atoms with E-state index in [-0.39, 0.29) is 30.4 Å². The first kappa shape index (κ1) is 20.5. The number of carbonyl (C=O) groups is 2. The number of rotatable bonds is 4. The molecule has 0 aromatic heterocycles. The number of nitrogens with one attached hydrogen (secondary N) is 1. The van der Waals surface area contributed by atoms with E-state index >= 15 is 0 Å². The molecule has 2 amide bonds. The highest BCUT2D eigenvalue weighted by Gasteiger charge is 2.65. The predicted octanol–water partition coefficient (Wildman–Crippen LogP) is 3.24. The smallest absolute Gasteiger partial charge is 0.411 e. The van der Waals surface area contributed by atoms with E-state index < -0.39 is 26.8 Å². The molecule has 164 valence electrons. The molecule has 0 bridgehead atoms. The summed E-state index contributed by atoms with van der Waals surface area (Å²) in [6, 6.07) is 20.8. The molecule has 2 aliphatic rings. The van der Waals surface area contributed by atoms with E-state index in [1.165, 1.54) is 11.0 Å². The number of sulfone groups is 1. The van der Waals surface area contributed by atoms with Gasteiger partial charge in [-0.2, -0.15) is 0 Å². The minimum atomic E-state index is -4.10. The standard InChI is InChI=1S/C24H22N2O5S/c27-22-15-24(32(29,30)20-11-10-18-8-4-5-9-19(18)14-20)21(25-22)12-13-26(24)23(28)31-16-17-6-2-1-3-7-17/h1-11,14,21H,12-13,15-16H2,(H,25,27). The predicted molar refractivity (Wildman–Crippen MR) is 118 cm³/mol. The molecule has 2 atom stereocenters. The van der Waals surface area contributed by atoms with Crippen LogP contribution in [0.4, 0.5) is 4.79 Å². The molecular formula is C24H22N2O5S. The Balaban J connectivity index is 1.52. The molecule has 2 aliphatic heterocycles. The van der Waals surface area contributed by atoms with E-state index in [0.717, 1.165) is 16.3 Å². The van der Waals surface area contributed by atoms with Crippen molar-refractivity contribution >= 4 is 32.6 Å². The van der Waals surface area contributed by atoms with Crippen molar-refractivity contribution in [3.63, 3.8) is 0 Å². The summed E-state index contributed by atoms with van der Waals surface area (Å²) in [6.07, 6.45) is -0.705. The van der Waals surface area contributed by atoms with Gasteiger partial charge in [0.2, 0.25) is 15.7 Å². The molecule has 0 spiro atoms. The molecule has 3 aromatic carbocycles. The zero-order chi connectivity index (χ0) is 22.3. The number of nitrogens with zero attached hydrogens (tertiary/aromatic N) is 1. The largest absolute Gasteiger partial charge is 0.445 e. The Morgan fingerprint density at radius 3 is 2.53 bits per heavy atom. The molecule has 7 nitrogen and oxygen atoms in total. The van der Waals surface area contributed by atoms with Gasteiger partial charge in [-0.05, 0) is 34.9 Å². The van der Waals surface area contributed by atoms with Crippen LogP contribution >= 0.6 is 0 Å². The molecule has 0 saturated carbocycles. The molecule has 2 heterocycles. The van der Waals surface area contributed by atoms with Gasteiger partial charge in [-0.3, -0.25) is 9.69 Å². The van der Waals surface area contributed by atoms with Crippen molar-refractivity contribution in [3.05, 3.63) is 78.4 Å². The lowest BCUT2D eigenvalue weighted by Crippen LogP contribution is -2.57. The topological polar surface area (TPSA) is 92.8 Å². The number of hydrogen-bond donors (Lipinski definition) is 1. The summed E-state index contributed by atoms with van der Waals surface area (Å²) < 4.78 is 33.4. The van der Waals surface area contributed by atoms with Crippen LogP contribution in [0.1, 0.15) is 18.4 Å². The van der Waals surface area contributed by atoms with E-state index in [4.69, 9.17) is 4.74 Å². The Morgan fingerprint density at radius 2 is 1.75 bits per heavy atom. The zero-order valence-electron chi connectivity index (χ0n) is 17.2. The van der Waals surface area contributed by atoms with Gasteiger partial charge in [0, 0.05) is 6.54 Å². The Bertz CT molecular complexity index is 1310. The number of carbonyl (C=O) groups excluding carboxylic acids is 2. The molecular weight excluding hydrogens is 428 g/mol. The summed E-state index contributed by atoms with van der Waals surface area (Å²) in [6.45, 7) is 0.208. The molecule has 5 rings (SSSR count). The molecule has 1 N–H and O–H groups in total. The Morgan fingerprint density at radius 1 is 1.03 bits per heavy atom. The molecule has 8 heteroatoms. The summed E-state index contributed by atoms with van der Waals surface area (Å²) >= 11 is 0. The van der Waals surface area contributed by atoms with Crippen molar-refractivity contribution < 1.29 is 22.7 Å². The van der Waals surface area contributed by atoms with Crippen LogP contribution in [0.25, 0.3) is 10.8 Å². The third-order valence-corrected chi connectivity index (χ3v) is 8.77. The van der Waals surface area contributed by atoms with Gasteiger partial charge in [0.05, 0.1) is 17.4 Å². The van der Waals surface area contributed by atoms with Gasteiger partial charge in [0.25, 0.3) is 0 Å². The molecule has 32 heavy (non-hydrogen) atoms. The summed E-state index contributed by atoms with van der Waals surface area (Å²) in [5.74, 6) is -0.389. The molecule has 2 unspecified atom stereocenters. The second kappa shape index (κ2) is 7.63. The fourth-order valence-electron chi connectivity index (χ4n) is 4.75. The fourth-order valence-corrected chi connectivity index (χ4v) is 7.02. The maximum Gasteiger partial charge on any atom is 0.411 e. The quantitative estimate of drug-likeness (QED) is 0.659. The van der Waals surface area contributed by atoms with E-state index in [0.29, 0.717) is 6.42 Å². The first-order chi connectivity index (χ1) is 15.4. The molecule has 2 saturated heterocycles. The Labute approximate surface area is 185 Å². The lowest BCUT2D eigenvalue weighted by atomic mass is 10.1. The van der Waals surface area contributed by atoms with Gasteiger partial charge >= 0.3 is 6.09 Å². The van der Waals surface area contributed by atoms with Crippen LogP contribution < -0.4 is 5.32 Å². The molecule has 0 aliphatic carbocycles. The van der Waals surface area contributed by atoms with Crippen LogP contribution in [0, 0.1) is 0 Å². The van der Waals surface area contributed by atoms with Gasteiger partial charge in [0.15, 0.2) is 4.87 Å². The van der Waals surface area contributed by atoms with E-state index in [1.54, 1.807) is 12.1 Å². The summed E-state index contributed by atoms with van der Waals surface area (Å²) in [5.41, 5.74) is 0.795. The van der Waals surface area contributed by atoms with Crippen molar-refractivity contribution in [1.82, 2.24) is 10.2 Å². The van der Waals surface area contributed by atoms with Gasteiger partial charge in [-0.25, -0.2) is 13.2 Å². The van der Waals surface area contributed by atoms with Crippen LogP contribution in [0.3, 0.4) is 0 Å². The minimum Gasteiger partial charge on any atom is -0.445 e. The Hall–Kier alpha value is -3.39. The normalized spacial score (nSPS) is 22.6. The van der Waals surface area contributed by atoms with Crippen molar-refractivity contribution in [3.8, 4) is 0 Å². The first-order valence-electron chi connectivity index (χ1n) is 10.4. The average molecular weight is 451 g/mol. The highest BCUT2D eigenvalue weighted by atomic mass is 32.2. The Kier molecular flexibility index (Phi) is 4.89. The highest BCUT2D eigenvalue weighted by molar-refractivity contribution is 7.93. The van der Waals surface area contributed by atoms with Gasteiger partial charge < -0.3 is 10.1 Å². The number of fused-ring (bicyclic) bond motifs is 2. The molecule has 2 fully saturated rings. The van der Waals surface area contributed by atoms with E-state index in [1.807, 2.05) is 54.6 Å². The second-order valence-corrected chi connectivity index (χ2v) is 10.3. The van der Waals surface area contributed by atoms with E-state index in [2.05, 4.69) is 5.32 Å². The number of amides is 2. The van der Waals surface area contributed by atoms with Crippen LogP contribution in [-0.2, 0) is 26.0 Å². The third kappa shape index (κ3) is 3.14. The monoisotopic (exact) mass is 450 g/mol. The number of ether oxygens (including phenoxy) is 1. The number of hydrogen-bond acceptors (Lipinski definition) is 5. The van der Waals surface area contributed by atoms with Crippen LogP contribution in [0.2, 0.25) is 0 Å². The lowest BCUT2D eigenvalue weighted by molar-refractivity contribution is -0.119. The number of likely N-dealkylation sites (tertiary alicyclic amines) is 1. The van der Waals surface area contributed by atoms with Crippen LogP contribution in [-0.4, -0.2) is 42.8 Å². The SMILES string of the molecule is O=C1CC2(S(=O)(=O)c3ccc4ccccc4c3)C(CCN2C(=O)OCc2ccccc2)N1. The highest BCUT2D eigenvalue weighted by Crippen LogP contribution is 2.45. The average Bonchev–Trinajstić information content (AvgIpc) is 3.33. The minimum absolute atomic E-state index is 0.0221. The van der Waals surface area contributed by atoms with Gasteiger partial charge in [-0.1, -0.05) is 60.7 Å². The summed E-state index contributed by atoms with van der Waals surface area (Å²) in [7, 11) is -4.10. The van der Waals surface area contributed by atoms with Crippen molar-refractivity contribution in [1.29, 1.82) is 0 Å². The van der Waals surface area contributed by atoms with Crippen molar-refractivity contribution in [2.45, 2.75) is 35.3 Å².